The van der Waals surface area contributed by atoms with Crippen molar-refractivity contribution < 1.29 is 9.90 Å². The van der Waals surface area contributed by atoms with E-state index in [0.29, 0.717) is 6.42 Å². The van der Waals surface area contributed by atoms with Gasteiger partial charge in [0.1, 0.15) is 0 Å². The molecule has 1 aromatic rings. The lowest BCUT2D eigenvalue weighted by molar-refractivity contribution is 0.123. The highest BCUT2D eigenvalue weighted by molar-refractivity contribution is 9.10. The quantitative estimate of drug-likeness (QED) is 0.518. The summed E-state index contributed by atoms with van der Waals surface area (Å²) >= 11 is 3.36. The van der Waals surface area contributed by atoms with Crippen LogP contribution in [0.1, 0.15) is 24.4 Å². The van der Waals surface area contributed by atoms with Crippen LogP contribution < -0.4 is 0 Å². The summed E-state index contributed by atoms with van der Waals surface area (Å²) in [4.78, 5) is 15.5. The predicted octanol–water partition coefficient (Wildman–Crippen LogP) is 3.94. The van der Waals surface area contributed by atoms with Gasteiger partial charge in [0.2, 0.25) is 0 Å². The number of amides is 1. The van der Waals surface area contributed by atoms with Crippen LogP contribution in [0.3, 0.4) is 0 Å². The molecule has 19 heavy (non-hydrogen) atoms. The smallest absolute Gasteiger partial charge is 0.408 e. The Bertz CT molecular complexity index is 513. The maximum atomic E-state index is 11.4. The summed E-state index contributed by atoms with van der Waals surface area (Å²) in [5.74, 6) is 0. The first kappa shape index (κ1) is 13.7. The highest BCUT2D eigenvalue weighted by atomic mass is 79.9. The Kier molecular flexibility index (Phi) is 4.29. The molecule has 7 heteroatoms. The van der Waals surface area contributed by atoms with Crippen molar-refractivity contribution in [3.05, 3.63) is 44.7 Å². The summed E-state index contributed by atoms with van der Waals surface area (Å²) in [5, 5.41) is 12.8. The summed E-state index contributed by atoms with van der Waals surface area (Å²) in [6.07, 6.45) is 0.495. The van der Waals surface area contributed by atoms with Gasteiger partial charge < -0.3 is 5.11 Å². The largest absolute Gasteiger partial charge is 0.465 e. The topological polar surface area (TPSA) is 89.3 Å². The third-order valence-corrected chi connectivity index (χ3v) is 3.86. The SMILES string of the molecule is [N-]=[N+]=NCC1CC[C@@H](c2ccc(Br)cc2)N1C(=O)O. The Morgan fingerprint density at radius 3 is 2.74 bits per heavy atom. The molecule has 0 aliphatic carbocycles. The Morgan fingerprint density at radius 1 is 1.47 bits per heavy atom. The van der Waals surface area contributed by atoms with E-state index < -0.39 is 6.09 Å². The van der Waals surface area contributed by atoms with Crippen LogP contribution in [0, 0.1) is 0 Å². The van der Waals surface area contributed by atoms with Crippen molar-refractivity contribution >= 4 is 22.0 Å². The number of hydrogen-bond donors (Lipinski definition) is 1. The highest BCUT2D eigenvalue weighted by Gasteiger charge is 2.37. The van der Waals surface area contributed by atoms with Gasteiger partial charge in [0.05, 0.1) is 6.04 Å². The van der Waals surface area contributed by atoms with Crippen molar-refractivity contribution in [1.29, 1.82) is 0 Å². The van der Waals surface area contributed by atoms with Gasteiger partial charge in [0, 0.05) is 22.0 Å². The first-order chi connectivity index (χ1) is 9.13. The number of benzene rings is 1. The molecule has 1 unspecified atom stereocenters. The molecule has 1 saturated heterocycles. The number of nitrogens with zero attached hydrogens (tertiary/aromatic N) is 4. The standard InChI is InChI=1S/C12H13BrN4O2/c13-9-3-1-8(2-4-9)11-6-5-10(7-15-16-14)17(11)12(18)19/h1-4,10-11H,5-7H2,(H,18,19)/t10?,11-/m0/s1. The van der Waals surface area contributed by atoms with Crippen molar-refractivity contribution in [3.63, 3.8) is 0 Å². The molecule has 0 saturated carbocycles. The van der Waals surface area contributed by atoms with E-state index >= 15 is 0 Å². The lowest BCUT2D eigenvalue weighted by atomic mass is 10.1. The van der Waals surface area contributed by atoms with Crippen molar-refractivity contribution in [2.45, 2.75) is 24.9 Å². The van der Waals surface area contributed by atoms with Gasteiger partial charge in [-0.25, -0.2) is 4.79 Å². The average molecular weight is 325 g/mol. The summed E-state index contributed by atoms with van der Waals surface area (Å²) in [5.41, 5.74) is 9.32. The summed E-state index contributed by atoms with van der Waals surface area (Å²) in [7, 11) is 0. The number of carbonyl (C=O) groups is 1. The molecule has 0 bridgehead atoms. The Labute approximate surface area is 118 Å². The van der Waals surface area contributed by atoms with E-state index in [1.165, 1.54) is 4.90 Å². The Morgan fingerprint density at radius 2 is 2.16 bits per heavy atom. The Hall–Kier alpha value is -1.72. The second-order valence-corrected chi connectivity index (χ2v) is 5.32. The minimum Gasteiger partial charge on any atom is -0.465 e. The van der Waals surface area contributed by atoms with E-state index in [2.05, 4.69) is 26.0 Å². The van der Waals surface area contributed by atoms with Crippen molar-refractivity contribution in [2.75, 3.05) is 6.54 Å². The Balaban J connectivity index is 2.23. The second-order valence-electron chi connectivity index (χ2n) is 4.40. The molecule has 0 aromatic heterocycles. The summed E-state index contributed by atoms with van der Waals surface area (Å²) < 4.78 is 0.960. The zero-order chi connectivity index (χ0) is 13.8. The normalized spacial score (nSPS) is 22.1. The zero-order valence-electron chi connectivity index (χ0n) is 10.1. The van der Waals surface area contributed by atoms with Gasteiger partial charge in [-0.05, 0) is 36.1 Å². The molecule has 1 aliphatic heterocycles. The lowest BCUT2D eigenvalue weighted by Crippen LogP contribution is -2.37. The van der Waals surface area contributed by atoms with Gasteiger partial charge >= 0.3 is 6.09 Å². The molecule has 1 fully saturated rings. The molecule has 2 rings (SSSR count). The van der Waals surface area contributed by atoms with Crippen LogP contribution in [-0.4, -0.2) is 28.7 Å². The maximum absolute atomic E-state index is 11.4. The molecule has 1 amide bonds. The van der Waals surface area contributed by atoms with Crippen LogP contribution in [0.25, 0.3) is 10.4 Å². The number of carboxylic acid groups (broad SMARTS) is 1. The fourth-order valence-corrected chi connectivity index (χ4v) is 2.76. The van der Waals surface area contributed by atoms with Gasteiger partial charge in [-0.1, -0.05) is 33.2 Å². The predicted molar refractivity (Wildman–Crippen MR) is 73.8 cm³/mol. The first-order valence-corrected chi connectivity index (χ1v) is 6.70. The minimum atomic E-state index is -0.969. The summed E-state index contributed by atoms with van der Waals surface area (Å²) in [6.45, 7) is 0.190. The monoisotopic (exact) mass is 324 g/mol. The van der Waals surface area contributed by atoms with Crippen molar-refractivity contribution in [3.8, 4) is 0 Å². The number of rotatable bonds is 3. The molecule has 0 radical (unpaired) electrons. The van der Waals surface area contributed by atoms with E-state index in [-0.39, 0.29) is 18.6 Å². The third-order valence-electron chi connectivity index (χ3n) is 3.33. The molecular weight excluding hydrogens is 312 g/mol. The van der Waals surface area contributed by atoms with Crippen molar-refractivity contribution in [2.24, 2.45) is 5.11 Å². The van der Waals surface area contributed by atoms with E-state index in [0.717, 1.165) is 16.5 Å². The average Bonchev–Trinajstić information content (AvgIpc) is 2.81. The van der Waals surface area contributed by atoms with Gasteiger partial charge in [0.15, 0.2) is 0 Å². The number of hydrogen-bond acceptors (Lipinski definition) is 2. The molecule has 1 aliphatic rings. The van der Waals surface area contributed by atoms with Gasteiger partial charge in [-0.2, -0.15) is 0 Å². The highest BCUT2D eigenvalue weighted by Crippen LogP contribution is 2.36. The molecular formula is C12H13BrN4O2. The molecule has 1 heterocycles. The number of likely N-dealkylation sites (tertiary alicyclic amines) is 1. The second kappa shape index (κ2) is 5.95. The molecule has 1 N–H and O–H groups in total. The van der Waals surface area contributed by atoms with E-state index in [9.17, 15) is 9.90 Å². The van der Waals surface area contributed by atoms with E-state index in [1.807, 2.05) is 24.3 Å². The van der Waals surface area contributed by atoms with Crippen LogP contribution in [0.2, 0.25) is 0 Å². The van der Waals surface area contributed by atoms with Crippen LogP contribution in [0.5, 0.6) is 0 Å². The van der Waals surface area contributed by atoms with E-state index in [1.54, 1.807) is 0 Å². The van der Waals surface area contributed by atoms with Crippen LogP contribution >= 0.6 is 15.9 Å². The summed E-state index contributed by atoms with van der Waals surface area (Å²) in [6, 6.07) is 7.24. The first-order valence-electron chi connectivity index (χ1n) is 5.91. The van der Waals surface area contributed by atoms with E-state index in [4.69, 9.17) is 5.53 Å². The molecule has 1 aromatic carbocycles. The van der Waals surface area contributed by atoms with Gasteiger partial charge in [0.25, 0.3) is 0 Å². The van der Waals surface area contributed by atoms with Crippen LogP contribution in [0.15, 0.2) is 33.9 Å². The number of azide groups is 1. The third kappa shape index (κ3) is 3.00. The zero-order valence-corrected chi connectivity index (χ0v) is 11.7. The lowest BCUT2D eigenvalue weighted by Gasteiger charge is -2.27. The van der Waals surface area contributed by atoms with Gasteiger partial charge in [-0.15, -0.1) is 0 Å². The molecule has 0 spiro atoms. The van der Waals surface area contributed by atoms with Gasteiger partial charge in [-0.3, -0.25) is 4.90 Å². The van der Waals surface area contributed by atoms with Crippen LogP contribution in [0.4, 0.5) is 4.79 Å². The fourth-order valence-electron chi connectivity index (χ4n) is 2.49. The minimum absolute atomic E-state index is 0.163. The molecule has 2 atom stereocenters. The fraction of sp³-hybridized carbons (Fsp3) is 0.417. The molecule has 6 nitrogen and oxygen atoms in total. The maximum Gasteiger partial charge on any atom is 0.408 e. The number of halogens is 1. The van der Waals surface area contributed by atoms with Crippen molar-refractivity contribution in [1.82, 2.24) is 4.90 Å². The molecule has 100 valence electrons. The van der Waals surface area contributed by atoms with Crippen LogP contribution in [-0.2, 0) is 0 Å².